The van der Waals surface area contributed by atoms with Gasteiger partial charge in [-0.05, 0) is 45.4 Å². The molecule has 29 heavy (non-hydrogen) atoms. The monoisotopic (exact) mass is 413 g/mol. The number of amides is 1. The van der Waals surface area contributed by atoms with Crippen molar-refractivity contribution in [1.82, 2.24) is 5.32 Å². The Morgan fingerprint density at radius 3 is 2.34 bits per heavy atom. The Morgan fingerprint density at radius 1 is 1.03 bits per heavy atom. The highest BCUT2D eigenvalue weighted by molar-refractivity contribution is 5.79. The molecular weight excluding hydrogens is 388 g/mol. The molecule has 0 radical (unpaired) electrons. The molecule has 0 spiro atoms. The summed E-state index contributed by atoms with van der Waals surface area (Å²) in [7, 11) is 0. The highest BCUT2D eigenvalue weighted by atomic mass is 19.1. The molecule has 1 N–H and O–H groups in total. The van der Waals surface area contributed by atoms with Crippen molar-refractivity contribution < 1.29 is 37.3 Å². The van der Waals surface area contributed by atoms with Gasteiger partial charge in [-0.1, -0.05) is 0 Å². The second-order valence-electron chi connectivity index (χ2n) is 8.48. The summed E-state index contributed by atoms with van der Waals surface area (Å²) in [6, 6.07) is 2.44. The van der Waals surface area contributed by atoms with Crippen LogP contribution in [0.1, 0.15) is 33.3 Å². The van der Waals surface area contributed by atoms with Gasteiger partial charge < -0.3 is 29.0 Å². The zero-order chi connectivity index (χ0) is 21.0. The van der Waals surface area contributed by atoms with Gasteiger partial charge in [-0.3, -0.25) is 4.79 Å². The van der Waals surface area contributed by atoms with Gasteiger partial charge in [-0.25, -0.2) is 8.78 Å². The number of rotatable bonds is 4. The van der Waals surface area contributed by atoms with E-state index in [1.165, 1.54) is 0 Å². The van der Waals surface area contributed by atoms with Gasteiger partial charge in [0.2, 0.25) is 5.91 Å². The van der Waals surface area contributed by atoms with Crippen LogP contribution in [-0.2, 0) is 34.9 Å². The molecule has 0 aromatic heterocycles. The maximum atomic E-state index is 13.4. The van der Waals surface area contributed by atoms with E-state index in [4.69, 9.17) is 23.7 Å². The van der Waals surface area contributed by atoms with Crippen LogP contribution in [0.3, 0.4) is 0 Å². The van der Waals surface area contributed by atoms with Crippen molar-refractivity contribution in [3.05, 3.63) is 35.4 Å². The summed E-state index contributed by atoms with van der Waals surface area (Å²) in [6.07, 6.45) is -2.39. The molecular formula is C20H25F2NO6. The van der Waals surface area contributed by atoms with Gasteiger partial charge in [-0.2, -0.15) is 0 Å². The minimum atomic E-state index is -0.860. The standard InChI is InChI=1S/C20H25F2NO6/c1-19(2)25-9-13(27-19)16-15(17-18(26-16)29-20(3,4)28-17)23-14(24)7-10-5-11(21)8-12(22)6-10/h5-6,8,13,15-18H,7,9H2,1-4H3,(H,23,24)/t13?,15-,16-,17-,18-/m1/s1. The van der Waals surface area contributed by atoms with Crippen LogP contribution in [0.25, 0.3) is 0 Å². The first-order chi connectivity index (χ1) is 13.5. The van der Waals surface area contributed by atoms with Gasteiger partial charge in [0.05, 0.1) is 19.1 Å². The van der Waals surface area contributed by atoms with E-state index >= 15 is 0 Å². The van der Waals surface area contributed by atoms with E-state index in [-0.39, 0.29) is 12.0 Å². The molecule has 1 amide bonds. The van der Waals surface area contributed by atoms with Crippen LogP contribution in [0.5, 0.6) is 0 Å². The minimum Gasteiger partial charge on any atom is -0.348 e. The smallest absolute Gasteiger partial charge is 0.224 e. The average molecular weight is 413 g/mol. The van der Waals surface area contributed by atoms with Crippen LogP contribution in [0.4, 0.5) is 8.78 Å². The summed E-state index contributed by atoms with van der Waals surface area (Å²) in [5.41, 5.74) is 0.234. The van der Waals surface area contributed by atoms with Crippen molar-refractivity contribution in [1.29, 1.82) is 0 Å². The Hall–Kier alpha value is -1.65. The Kier molecular flexibility index (Phi) is 5.15. The molecule has 3 fully saturated rings. The van der Waals surface area contributed by atoms with Gasteiger partial charge in [0.1, 0.15) is 29.9 Å². The number of hydrogen-bond donors (Lipinski definition) is 1. The molecule has 160 valence electrons. The maximum Gasteiger partial charge on any atom is 0.224 e. The molecule has 5 atom stereocenters. The molecule has 1 aromatic rings. The summed E-state index contributed by atoms with van der Waals surface area (Å²) in [6.45, 7) is 7.41. The molecule has 0 aliphatic carbocycles. The first-order valence-electron chi connectivity index (χ1n) is 9.59. The fourth-order valence-corrected chi connectivity index (χ4v) is 4.03. The number of fused-ring (bicyclic) bond motifs is 1. The number of halogens is 2. The summed E-state index contributed by atoms with van der Waals surface area (Å²) in [4.78, 5) is 12.6. The van der Waals surface area contributed by atoms with Crippen molar-refractivity contribution in [3.63, 3.8) is 0 Å². The van der Waals surface area contributed by atoms with E-state index in [0.717, 1.165) is 18.2 Å². The van der Waals surface area contributed by atoms with Crippen LogP contribution < -0.4 is 5.32 Å². The predicted octanol–water partition coefficient (Wildman–Crippen LogP) is 2.02. The third-order valence-electron chi connectivity index (χ3n) is 5.10. The van der Waals surface area contributed by atoms with Gasteiger partial charge in [0.25, 0.3) is 0 Å². The van der Waals surface area contributed by atoms with Crippen molar-refractivity contribution >= 4 is 5.91 Å². The fraction of sp³-hybridized carbons (Fsp3) is 0.650. The SMILES string of the molecule is CC1(C)OCC([C@H]2O[C@@H]3OC(C)(C)O[C@@H]3[C@@H]2NC(=O)Cc2cc(F)cc(F)c2)O1. The quantitative estimate of drug-likeness (QED) is 0.814. The van der Waals surface area contributed by atoms with Crippen LogP contribution >= 0.6 is 0 Å². The number of ether oxygens (including phenoxy) is 5. The Labute approximate surface area is 167 Å². The minimum absolute atomic E-state index is 0.187. The Bertz CT molecular complexity index is 781. The molecule has 0 bridgehead atoms. The Morgan fingerprint density at radius 2 is 1.72 bits per heavy atom. The van der Waals surface area contributed by atoms with E-state index < -0.39 is 59.8 Å². The van der Waals surface area contributed by atoms with E-state index in [2.05, 4.69) is 5.32 Å². The number of carbonyl (C=O) groups excluding carboxylic acids is 1. The summed E-state index contributed by atoms with van der Waals surface area (Å²) in [5.74, 6) is -3.51. The Balaban J connectivity index is 1.50. The number of benzene rings is 1. The topological polar surface area (TPSA) is 75.3 Å². The first kappa shape index (κ1) is 20.6. The molecule has 3 saturated heterocycles. The number of hydrogen-bond acceptors (Lipinski definition) is 6. The largest absolute Gasteiger partial charge is 0.348 e. The number of carbonyl (C=O) groups is 1. The molecule has 3 heterocycles. The summed E-state index contributed by atoms with van der Waals surface area (Å²) in [5, 5.41) is 2.88. The van der Waals surface area contributed by atoms with Crippen LogP contribution in [0.15, 0.2) is 18.2 Å². The molecule has 1 aromatic carbocycles. The second kappa shape index (κ2) is 7.24. The fourth-order valence-electron chi connectivity index (χ4n) is 4.03. The van der Waals surface area contributed by atoms with Gasteiger partial charge >= 0.3 is 0 Å². The highest BCUT2D eigenvalue weighted by Gasteiger charge is 2.58. The molecule has 3 aliphatic rings. The van der Waals surface area contributed by atoms with Crippen molar-refractivity contribution in [3.8, 4) is 0 Å². The highest BCUT2D eigenvalue weighted by Crippen LogP contribution is 2.40. The van der Waals surface area contributed by atoms with E-state index in [1.54, 1.807) is 27.7 Å². The molecule has 9 heteroatoms. The zero-order valence-corrected chi connectivity index (χ0v) is 16.7. The summed E-state index contributed by atoms with van der Waals surface area (Å²) >= 11 is 0. The number of nitrogens with one attached hydrogen (secondary N) is 1. The molecule has 4 rings (SSSR count). The zero-order valence-electron chi connectivity index (χ0n) is 16.7. The molecule has 7 nitrogen and oxygen atoms in total. The van der Waals surface area contributed by atoms with Crippen molar-refractivity contribution in [2.75, 3.05) is 6.61 Å². The van der Waals surface area contributed by atoms with Crippen LogP contribution in [0, 0.1) is 11.6 Å². The average Bonchev–Trinajstić information content (AvgIpc) is 3.17. The lowest BCUT2D eigenvalue weighted by molar-refractivity contribution is -0.223. The molecule has 1 unspecified atom stereocenters. The van der Waals surface area contributed by atoms with Crippen molar-refractivity contribution in [2.24, 2.45) is 0 Å². The molecule has 3 aliphatic heterocycles. The maximum absolute atomic E-state index is 13.4. The second-order valence-corrected chi connectivity index (χ2v) is 8.48. The lowest BCUT2D eigenvalue weighted by Gasteiger charge is -2.29. The first-order valence-corrected chi connectivity index (χ1v) is 9.59. The van der Waals surface area contributed by atoms with Gasteiger partial charge in [-0.15, -0.1) is 0 Å². The summed E-state index contributed by atoms with van der Waals surface area (Å²) < 4.78 is 56.1. The third-order valence-corrected chi connectivity index (χ3v) is 5.10. The predicted molar refractivity (Wildman–Crippen MR) is 95.6 cm³/mol. The van der Waals surface area contributed by atoms with Crippen LogP contribution in [-0.4, -0.2) is 54.7 Å². The van der Waals surface area contributed by atoms with Gasteiger partial charge in [0.15, 0.2) is 17.9 Å². The lowest BCUT2D eigenvalue weighted by Crippen LogP contribution is -2.53. The van der Waals surface area contributed by atoms with Crippen LogP contribution in [0.2, 0.25) is 0 Å². The van der Waals surface area contributed by atoms with Gasteiger partial charge in [0, 0.05) is 6.07 Å². The van der Waals surface area contributed by atoms with E-state index in [0.29, 0.717) is 6.61 Å². The normalized spacial score (nSPS) is 34.9. The van der Waals surface area contributed by atoms with Crippen molar-refractivity contribution in [2.45, 2.75) is 76.3 Å². The van der Waals surface area contributed by atoms with E-state index in [9.17, 15) is 13.6 Å². The van der Waals surface area contributed by atoms with E-state index in [1.807, 2.05) is 0 Å². The molecule has 0 saturated carbocycles. The lowest BCUT2D eigenvalue weighted by atomic mass is 10.0. The third kappa shape index (κ3) is 4.44.